The first-order valence-corrected chi connectivity index (χ1v) is 10.6. The van der Waals surface area contributed by atoms with Crippen molar-refractivity contribution in [3.8, 4) is 0 Å². The summed E-state index contributed by atoms with van der Waals surface area (Å²) in [6, 6.07) is -2.00. The summed E-state index contributed by atoms with van der Waals surface area (Å²) < 4.78 is 275. The lowest BCUT2D eigenvalue weighted by atomic mass is 9.78. The van der Waals surface area contributed by atoms with Crippen LogP contribution in [0.2, 0.25) is 0 Å². The Labute approximate surface area is 219 Å². The SMILES string of the molecule is FC(F)(F)C1CC(NC(=S)NCC(F)(F)C(F)(F)C(F)(F)C(F)(F)C(F)(F)C(F)(F)C(F)(F)F)CC(C(F)(F)F)C1. The molecule has 244 valence electrons. The van der Waals surface area contributed by atoms with Crippen LogP contribution in [0.4, 0.5) is 92.2 Å². The quantitative estimate of drug-likeness (QED) is 0.203. The van der Waals surface area contributed by atoms with Crippen LogP contribution in [-0.2, 0) is 0 Å². The van der Waals surface area contributed by atoms with E-state index < -0.39 is 103 Å². The molecule has 0 aromatic rings. The van der Waals surface area contributed by atoms with Crippen LogP contribution >= 0.6 is 12.2 Å². The van der Waals surface area contributed by atoms with Crippen molar-refractivity contribution >= 4 is 17.3 Å². The van der Waals surface area contributed by atoms with E-state index in [1.165, 1.54) is 5.32 Å². The molecule has 1 aliphatic rings. The minimum absolute atomic E-state index is 0.834. The number of thiocarbonyl (C=S) groups is 1. The molecule has 2 N–H and O–H groups in total. The lowest BCUT2D eigenvalue weighted by Gasteiger charge is -2.41. The highest BCUT2D eigenvalue weighted by atomic mass is 32.1. The second-order valence-corrected chi connectivity index (χ2v) is 9.19. The zero-order chi connectivity index (χ0) is 33.1. The highest BCUT2D eigenvalue weighted by molar-refractivity contribution is 7.80. The van der Waals surface area contributed by atoms with Gasteiger partial charge in [0.15, 0.2) is 5.11 Å². The van der Waals surface area contributed by atoms with Gasteiger partial charge < -0.3 is 10.6 Å². The highest BCUT2D eigenvalue weighted by Gasteiger charge is 2.93. The molecule has 1 saturated carbocycles. The minimum Gasteiger partial charge on any atom is -0.360 e. The van der Waals surface area contributed by atoms with Crippen molar-refractivity contribution in [2.75, 3.05) is 6.54 Å². The summed E-state index contributed by atoms with van der Waals surface area (Å²) in [5.74, 6) is -53.5. The van der Waals surface area contributed by atoms with Gasteiger partial charge in [0.05, 0.1) is 18.4 Å². The minimum atomic E-state index is -8.52. The number of rotatable bonds is 8. The van der Waals surface area contributed by atoms with Crippen molar-refractivity contribution in [1.29, 1.82) is 0 Å². The molecular weight excluding hydrogens is 663 g/mol. The van der Waals surface area contributed by atoms with E-state index in [1.54, 1.807) is 0 Å². The maximum absolute atomic E-state index is 13.9. The summed E-state index contributed by atoms with van der Waals surface area (Å²) in [6.45, 7) is -3.14. The van der Waals surface area contributed by atoms with E-state index in [2.05, 4.69) is 12.2 Å². The molecule has 0 aromatic carbocycles. The van der Waals surface area contributed by atoms with E-state index in [4.69, 9.17) is 0 Å². The fourth-order valence-corrected chi connectivity index (χ4v) is 3.75. The molecule has 2 atom stereocenters. The summed E-state index contributed by atoms with van der Waals surface area (Å²) >= 11 is 4.16. The molecule has 0 saturated heterocycles. The molecule has 1 rings (SSSR count). The Hall–Kier alpha value is -1.78. The first-order valence-electron chi connectivity index (χ1n) is 10.2. The molecule has 1 aliphatic carbocycles. The summed E-state index contributed by atoms with van der Waals surface area (Å²) in [7, 11) is 0. The molecule has 0 heterocycles. The average Bonchev–Trinajstić information content (AvgIpc) is 2.74. The van der Waals surface area contributed by atoms with Gasteiger partial charge in [-0.25, -0.2) is 0 Å². The van der Waals surface area contributed by atoms with Crippen molar-refractivity contribution in [3.63, 3.8) is 0 Å². The third-order valence-corrected chi connectivity index (χ3v) is 6.09. The van der Waals surface area contributed by atoms with E-state index in [9.17, 15) is 92.2 Å². The number of nitrogens with one attached hydrogen (secondary N) is 2. The monoisotopic (exact) mass is 676 g/mol. The maximum atomic E-state index is 13.9. The van der Waals surface area contributed by atoms with E-state index in [1.807, 2.05) is 0 Å². The molecule has 0 aliphatic heterocycles. The zero-order valence-corrected chi connectivity index (χ0v) is 19.7. The summed E-state index contributed by atoms with van der Waals surface area (Å²) in [6.07, 6.45) is -22.2. The maximum Gasteiger partial charge on any atom is 0.460 e. The van der Waals surface area contributed by atoms with Crippen LogP contribution in [0.25, 0.3) is 0 Å². The van der Waals surface area contributed by atoms with E-state index in [0.717, 1.165) is 5.32 Å². The lowest BCUT2D eigenvalue weighted by molar-refractivity contribution is -0.451. The molecule has 2 unspecified atom stereocenters. The molecule has 2 nitrogen and oxygen atoms in total. The number of hydrogen-bond donors (Lipinski definition) is 2. The van der Waals surface area contributed by atoms with Crippen molar-refractivity contribution in [2.24, 2.45) is 11.8 Å². The first kappa shape index (κ1) is 37.2. The largest absolute Gasteiger partial charge is 0.460 e. The first-order chi connectivity index (χ1) is 17.7. The number of halogens is 21. The van der Waals surface area contributed by atoms with Crippen LogP contribution in [-0.4, -0.2) is 71.8 Å². The standard InChI is InChI=1S/C17H13F21N2S/c18-9(19,12(26,27)13(28,29)14(30,31)15(32,33)16(34,35)17(36,37)38)4-39-8(41)40-7-2-5(10(20,21)22)1-6(3-7)11(23,24)25/h5-7H,1-4H2,(H2,39,40,41). The van der Waals surface area contributed by atoms with Crippen LogP contribution in [0.3, 0.4) is 0 Å². The highest BCUT2D eigenvalue weighted by Crippen LogP contribution is 2.62. The van der Waals surface area contributed by atoms with Crippen molar-refractivity contribution in [3.05, 3.63) is 0 Å². The fraction of sp³-hybridized carbons (Fsp3) is 0.941. The van der Waals surface area contributed by atoms with Gasteiger partial charge in [0.2, 0.25) is 0 Å². The van der Waals surface area contributed by atoms with Crippen molar-refractivity contribution < 1.29 is 92.2 Å². The van der Waals surface area contributed by atoms with E-state index in [-0.39, 0.29) is 0 Å². The van der Waals surface area contributed by atoms with Crippen LogP contribution in [0.5, 0.6) is 0 Å². The molecule has 0 spiro atoms. The number of hydrogen-bond acceptors (Lipinski definition) is 1. The van der Waals surface area contributed by atoms with Crippen molar-refractivity contribution in [2.45, 2.75) is 79.4 Å². The molecule has 0 amide bonds. The van der Waals surface area contributed by atoms with Gasteiger partial charge in [0.25, 0.3) is 0 Å². The fourth-order valence-electron chi connectivity index (χ4n) is 3.51. The molecule has 0 bridgehead atoms. The predicted molar refractivity (Wildman–Crippen MR) is 96.2 cm³/mol. The van der Waals surface area contributed by atoms with Gasteiger partial charge >= 0.3 is 54.1 Å². The Morgan fingerprint density at radius 2 is 0.854 bits per heavy atom. The topological polar surface area (TPSA) is 24.1 Å². The Kier molecular flexibility index (Phi) is 9.75. The van der Waals surface area contributed by atoms with Gasteiger partial charge in [-0.15, -0.1) is 0 Å². The summed E-state index contributed by atoms with van der Waals surface area (Å²) in [5, 5.41) is 0.802. The van der Waals surface area contributed by atoms with Gasteiger partial charge in [-0.1, -0.05) is 0 Å². The van der Waals surface area contributed by atoms with Crippen molar-refractivity contribution in [1.82, 2.24) is 10.6 Å². The average molecular weight is 676 g/mol. The third kappa shape index (κ3) is 6.74. The van der Waals surface area contributed by atoms with Crippen LogP contribution in [0, 0.1) is 11.8 Å². The Morgan fingerprint density at radius 1 is 0.512 bits per heavy atom. The van der Waals surface area contributed by atoms with E-state index >= 15 is 0 Å². The molecule has 1 fully saturated rings. The van der Waals surface area contributed by atoms with Gasteiger partial charge in [-0.05, 0) is 31.5 Å². The Bertz CT molecular complexity index is 912. The molecular formula is C17H13F21N2S. The van der Waals surface area contributed by atoms with Gasteiger partial charge in [-0.2, -0.15) is 92.2 Å². The number of alkyl halides is 21. The van der Waals surface area contributed by atoms with Crippen LogP contribution in [0.1, 0.15) is 19.3 Å². The second kappa shape index (κ2) is 10.7. The summed E-state index contributed by atoms with van der Waals surface area (Å²) in [5.41, 5.74) is 0. The van der Waals surface area contributed by atoms with Crippen LogP contribution in [0.15, 0.2) is 0 Å². The third-order valence-electron chi connectivity index (χ3n) is 5.83. The normalized spacial score (nSPS) is 22.9. The van der Waals surface area contributed by atoms with Crippen LogP contribution < -0.4 is 10.6 Å². The molecule has 24 heteroatoms. The molecule has 0 radical (unpaired) electrons. The lowest BCUT2D eigenvalue weighted by Crippen LogP contribution is -2.73. The smallest absolute Gasteiger partial charge is 0.360 e. The van der Waals surface area contributed by atoms with Gasteiger partial charge in [0, 0.05) is 6.04 Å². The Morgan fingerprint density at radius 3 is 1.20 bits per heavy atom. The van der Waals surface area contributed by atoms with E-state index in [0.29, 0.717) is 0 Å². The predicted octanol–water partition coefficient (Wildman–Crippen LogP) is 7.73. The molecule has 41 heavy (non-hydrogen) atoms. The van der Waals surface area contributed by atoms with Gasteiger partial charge in [-0.3, -0.25) is 0 Å². The molecule has 0 aromatic heterocycles. The zero-order valence-electron chi connectivity index (χ0n) is 18.9. The van der Waals surface area contributed by atoms with Gasteiger partial charge in [0.1, 0.15) is 0 Å². The summed E-state index contributed by atoms with van der Waals surface area (Å²) in [4.78, 5) is 0. The Balaban J connectivity index is 3.17. The second-order valence-electron chi connectivity index (χ2n) is 8.78.